The molecule has 1 rings (SSSR count). The van der Waals surface area contributed by atoms with Crippen molar-refractivity contribution in [3.05, 3.63) is 29.8 Å². The third-order valence-corrected chi connectivity index (χ3v) is 2.91. The maximum Gasteiger partial charge on any atom is 0.118 e. The van der Waals surface area contributed by atoms with E-state index in [-0.39, 0.29) is 5.41 Å². The Kier molecular flexibility index (Phi) is 5.45. The third-order valence-electron chi connectivity index (χ3n) is 2.91. The Balaban J connectivity index is 2.26. The van der Waals surface area contributed by atoms with Crippen LogP contribution in [0, 0.1) is 5.41 Å². The number of benzene rings is 1. The predicted molar refractivity (Wildman–Crippen MR) is 72.4 cm³/mol. The highest BCUT2D eigenvalue weighted by atomic mass is 16.5. The summed E-state index contributed by atoms with van der Waals surface area (Å²) in [7, 11) is 1.69. The van der Waals surface area contributed by atoms with Gasteiger partial charge >= 0.3 is 0 Å². The van der Waals surface area contributed by atoms with Gasteiger partial charge in [-0.2, -0.15) is 0 Å². The lowest BCUT2D eigenvalue weighted by Gasteiger charge is -2.22. The Morgan fingerprint density at radius 3 is 2.41 bits per heavy atom. The standard InChI is InChI=1S/C14H24N2O/c1-14(2,10-15)11-16-9-8-12-4-6-13(17-3)7-5-12/h4-7,16H,8-11,15H2,1-3H3. The zero-order valence-corrected chi connectivity index (χ0v) is 11.1. The van der Waals surface area contributed by atoms with E-state index in [1.165, 1.54) is 5.56 Å². The average Bonchev–Trinajstić information content (AvgIpc) is 2.35. The van der Waals surface area contributed by atoms with E-state index in [1.807, 2.05) is 12.1 Å². The fourth-order valence-corrected chi connectivity index (χ4v) is 1.52. The van der Waals surface area contributed by atoms with Crippen molar-refractivity contribution in [2.45, 2.75) is 20.3 Å². The summed E-state index contributed by atoms with van der Waals surface area (Å²) in [5.74, 6) is 0.908. The van der Waals surface area contributed by atoms with Gasteiger partial charge < -0.3 is 15.8 Å². The van der Waals surface area contributed by atoms with E-state index in [1.54, 1.807) is 7.11 Å². The average molecular weight is 236 g/mol. The van der Waals surface area contributed by atoms with Gasteiger partial charge in [-0.1, -0.05) is 26.0 Å². The highest BCUT2D eigenvalue weighted by Crippen LogP contribution is 2.12. The van der Waals surface area contributed by atoms with Gasteiger partial charge in [0.2, 0.25) is 0 Å². The smallest absolute Gasteiger partial charge is 0.118 e. The normalized spacial score (nSPS) is 11.5. The molecule has 0 amide bonds. The summed E-state index contributed by atoms with van der Waals surface area (Å²) in [6.45, 7) is 7.00. The summed E-state index contributed by atoms with van der Waals surface area (Å²) in [6, 6.07) is 8.21. The van der Waals surface area contributed by atoms with Crippen LogP contribution in [-0.4, -0.2) is 26.7 Å². The van der Waals surface area contributed by atoms with E-state index in [4.69, 9.17) is 10.5 Å². The minimum absolute atomic E-state index is 0.180. The van der Waals surface area contributed by atoms with E-state index in [0.717, 1.165) is 25.3 Å². The van der Waals surface area contributed by atoms with Crippen LogP contribution in [0.5, 0.6) is 5.75 Å². The quantitative estimate of drug-likeness (QED) is 0.710. The molecule has 0 aromatic heterocycles. The van der Waals surface area contributed by atoms with E-state index < -0.39 is 0 Å². The molecule has 3 nitrogen and oxygen atoms in total. The third kappa shape index (κ3) is 5.20. The lowest BCUT2D eigenvalue weighted by Crippen LogP contribution is -2.36. The van der Waals surface area contributed by atoms with E-state index in [9.17, 15) is 0 Å². The van der Waals surface area contributed by atoms with Crippen LogP contribution in [0.25, 0.3) is 0 Å². The van der Waals surface area contributed by atoms with Gasteiger partial charge in [-0.3, -0.25) is 0 Å². The lowest BCUT2D eigenvalue weighted by atomic mass is 9.94. The number of rotatable bonds is 7. The zero-order valence-electron chi connectivity index (χ0n) is 11.1. The second-order valence-corrected chi connectivity index (χ2v) is 5.14. The Bertz CT molecular complexity index is 319. The Hall–Kier alpha value is -1.06. The van der Waals surface area contributed by atoms with Crippen molar-refractivity contribution in [3.63, 3.8) is 0 Å². The molecule has 3 N–H and O–H groups in total. The molecule has 3 heteroatoms. The number of nitrogens with one attached hydrogen (secondary N) is 1. The van der Waals surface area contributed by atoms with Crippen LogP contribution in [0.1, 0.15) is 19.4 Å². The molecule has 0 bridgehead atoms. The predicted octanol–water partition coefficient (Wildman–Crippen LogP) is 1.81. The molecule has 0 saturated carbocycles. The van der Waals surface area contributed by atoms with Crippen molar-refractivity contribution in [1.29, 1.82) is 0 Å². The van der Waals surface area contributed by atoms with Gasteiger partial charge in [0, 0.05) is 6.54 Å². The second-order valence-electron chi connectivity index (χ2n) is 5.14. The van der Waals surface area contributed by atoms with Gasteiger partial charge in [-0.05, 0) is 42.6 Å². The fourth-order valence-electron chi connectivity index (χ4n) is 1.52. The Morgan fingerprint density at radius 2 is 1.88 bits per heavy atom. The number of methoxy groups -OCH3 is 1. The summed E-state index contributed by atoms with van der Waals surface area (Å²) in [5.41, 5.74) is 7.18. The lowest BCUT2D eigenvalue weighted by molar-refractivity contribution is 0.353. The largest absolute Gasteiger partial charge is 0.497 e. The monoisotopic (exact) mass is 236 g/mol. The molecule has 0 spiro atoms. The highest BCUT2D eigenvalue weighted by Gasteiger charge is 2.13. The number of hydrogen-bond donors (Lipinski definition) is 2. The summed E-state index contributed by atoms with van der Waals surface area (Å²) in [4.78, 5) is 0. The first-order valence-corrected chi connectivity index (χ1v) is 6.11. The first kappa shape index (κ1) is 14.0. The topological polar surface area (TPSA) is 47.3 Å². The first-order chi connectivity index (χ1) is 8.07. The second kappa shape index (κ2) is 6.62. The van der Waals surface area contributed by atoms with Crippen LogP contribution in [-0.2, 0) is 6.42 Å². The van der Waals surface area contributed by atoms with Gasteiger partial charge in [-0.25, -0.2) is 0 Å². The van der Waals surface area contributed by atoms with Crippen molar-refractivity contribution in [2.24, 2.45) is 11.1 Å². The summed E-state index contributed by atoms with van der Waals surface area (Å²) >= 11 is 0. The van der Waals surface area contributed by atoms with Crippen LogP contribution < -0.4 is 15.8 Å². The van der Waals surface area contributed by atoms with Gasteiger partial charge in [0.1, 0.15) is 5.75 Å². The molecule has 0 aliphatic carbocycles. The summed E-state index contributed by atoms with van der Waals surface area (Å²) in [5, 5.41) is 3.44. The minimum Gasteiger partial charge on any atom is -0.497 e. The molecule has 0 heterocycles. The molecule has 1 aromatic carbocycles. The molecule has 0 aliphatic heterocycles. The molecule has 0 saturated heterocycles. The van der Waals surface area contributed by atoms with E-state index in [2.05, 4.69) is 31.3 Å². The molecule has 0 fully saturated rings. The Labute approximate surface area is 104 Å². The number of hydrogen-bond acceptors (Lipinski definition) is 3. The van der Waals surface area contributed by atoms with Crippen LogP contribution in [0.4, 0.5) is 0 Å². The summed E-state index contributed by atoms with van der Waals surface area (Å²) in [6.07, 6.45) is 1.03. The maximum absolute atomic E-state index is 5.68. The van der Waals surface area contributed by atoms with E-state index >= 15 is 0 Å². The molecule has 1 aromatic rings. The Morgan fingerprint density at radius 1 is 1.24 bits per heavy atom. The molecule has 17 heavy (non-hydrogen) atoms. The van der Waals surface area contributed by atoms with Gasteiger partial charge in [0.25, 0.3) is 0 Å². The van der Waals surface area contributed by atoms with Crippen LogP contribution in [0.15, 0.2) is 24.3 Å². The molecule has 96 valence electrons. The highest BCUT2D eigenvalue weighted by molar-refractivity contribution is 5.27. The van der Waals surface area contributed by atoms with Crippen molar-refractivity contribution in [2.75, 3.05) is 26.7 Å². The van der Waals surface area contributed by atoms with Gasteiger partial charge in [0.15, 0.2) is 0 Å². The van der Waals surface area contributed by atoms with Gasteiger partial charge in [0.05, 0.1) is 7.11 Å². The minimum atomic E-state index is 0.180. The van der Waals surface area contributed by atoms with Crippen molar-refractivity contribution < 1.29 is 4.74 Å². The molecular weight excluding hydrogens is 212 g/mol. The number of nitrogens with two attached hydrogens (primary N) is 1. The van der Waals surface area contributed by atoms with Crippen molar-refractivity contribution in [3.8, 4) is 5.75 Å². The molecule has 0 atom stereocenters. The van der Waals surface area contributed by atoms with Crippen LogP contribution >= 0.6 is 0 Å². The number of ether oxygens (including phenoxy) is 1. The SMILES string of the molecule is COc1ccc(CCNCC(C)(C)CN)cc1. The maximum atomic E-state index is 5.68. The van der Waals surface area contributed by atoms with Crippen molar-refractivity contribution >= 4 is 0 Å². The fraction of sp³-hybridized carbons (Fsp3) is 0.571. The van der Waals surface area contributed by atoms with Crippen molar-refractivity contribution in [1.82, 2.24) is 5.32 Å². The summed E-state index contributed by atoms with van der Waals surface area (Å²) < 4.78 is 5.12. The van der Waals surface area contributed by atoms with Crippen LogP contribution in [0.3, 0.4) is 0 Å². The van der Waals surface area contributed by atoms with E-state index in [0.29, 0.717) is 6.54 Å². The molecular formula is C14H24N2O. The molecule has 0 radical (unpaired) electrons. The zero-order chi connectivity index (χ0) is 12.7. The van der Waals surface area contributed by atoms with Crippen LogP contribution in [0.2, 0.25) is 0 Å². The first-order valence-electron chi connectivity index (χ1n) is 6.11. The molecule has 0 unspecified atom stereocenters. The molecule has 0 aliphatic rings. The van der Waals surface area contributed by atoms with Gasteiger partial charge in [-0.15, -0.1) is 0 Å².